The number of urea groups is 1. The molecule has 3 aromatic rings. The lowest BCUT2D eigenvalue weighted by molar-refractivity contribution is -0.117. The first-order valence-corrected chi connectivity index (χ1v) is 10.1. The maximum atomic E-state index is 12.4. The standard InChI is InChI=1S/C25H23N3O4/c1-32-21-13-11-20(12-14-21)26-23(29)16-28-24(30)22(27-25(28)31)15-17-7-9-19(10-8-17)18-5-3-2-4-6-18/h2-15,24,30H,16H2,1H3,(H,26,29)(H,27,31)/b22-15-. The van der Waals surface area contributed by atoms with Crippen LogP contribution >= 0.6 is 0 Å². The number of benzene rings is 3. The van der Waals surface area contributed by atoms with E-state index in [4.69, 9.17) is 4.74 Å². The number of aliphatic hydroxyl groups excluding tert-OH is 1. The van der Waals surface area contributed by atoms with Crippen LogP contribution in [0.15, 0.2) is 84.6 Å². The number of aliphatic hydroxyl groups is 1. The Morgan fingerprint density at radius 1 is 1.03 bits per heavy atom. The van der Waals surface area contributed by atoms with Gasteiger partial charge in [-0.05, 0) is 47.0 Å². The van der Waals surface area contributed by atoms with Crippen molar-refractivity contribution in [3.8, 4) is 16.9 Å². The molecule has 7 nitrogen and oxygen atoms in total. The van der Waals surface area contributed by atoms with E-state index in [9.17, 15) is 14.7 Å². The molecule has 7 heteroatoms. The van der Waals surface area contributed by atoms with Gasteiger partial charge < -0.3 is 20.5 Å². The van der Waals surface area contributed by atoms with Crippen LogP contribution in [0.3, 0.4) is 0 Å². The van der Waals surface area contributed by atoms with Crippen LogP contribution < -0.4 is 15.4 Å². The SMILES string of the molecule is COc1ccc(NC(=O)CN2C(=O)N/C(=C\c3ccc(-c4ccccc4)cc3)C2O)cc1. The van der Waals surface area contributed by atoms with Crippen molar-refractivity contribution in [2.45, 2.75) is 6.23 Å². The molecule has 0 saturated carbocycles. The molecule has 1 fully saturated rings. The van der Waals surface area contributed by atoms with Crippen LogP contribution in [0.2, 0.25) is 0 Å². The monoisotopic (exact) mass is 429 g/mol. The van der Waals surface area contributed by atoms with Gasteiger partial charge in [0.1, 0.15) is 12.3 Å². The fourth-order valence-corrected chi connectivity index (χ4v) is 3.42. The number of ether oxygens (including phenoxy) is 1. The third-order valence-corrected chi connectivity index (χ3v) is 5.11. The van der Waals surface area contributed by atoms with E-state index < -0.39 is 18.2 Å². The third kappa shape index (κ3) is 4.79. The zero-order valence-electron chi connectivity index (χ0n) is 17.5. The van der Waals surface area contributed by atoms with E-state index in [1.165, 1.54) is 0 Å². The van der Waals surface area contributed by atoms with Crippen LogP contribution in [0.1, 0.15) is 5.56 Å². The quantitative estimate of drug-likeness (QED) is 0.558. The molecule has 1 aliphatic heterocycles. The molecule has 0 radical (unpaired) electrons. The maximum absolute atomic E-state index is 12.4. The fraction of sp³-hybridized carbons (Fsp3) is 0.120. The number of nitrogens with zero attached hydrogens (tertiary/aromatic N) is 1. The van der Waals surface area contributed by atoms with Gasteiger partial charge >= 0.3 is 6.03 Å². The summed E-state index contributed by atoms with van der Waals surface area (Å²) in [4.78, 5) is 25.7. The molecule has 162 valence electrons. The first-order valence-electron chi connectivity index (χ1n) is 10.1. The molecule has 1 aliphatic rings. The second kappa shape index (κ2) is 9.36. The lowest BCUT2D eigenvalue weighted by Crippen LogP contribution is -2.40. The number of rotatable bonds is 6. The summed E-state index contributed by atoms with van der Waals surface area (Å²) in [7, 11) is 1.56. The number of amides is 3. The Kier molecular flexibility index (Phi) is 6.19. The highest BCUT2D eigenvalue weighted by Gasteiger charge is 2.34. The topological polar surface area (TPSA) is 90.9 Å². The van der Waals surface area contributed by atoms with Crippen LogP contribution in [0.5, 0.6) is 5.75 Å². The molecule has 4 rings (SSSR count). The molecule has 1 heterocycles. The summed E-state index contributed by atoms with van der Waals surface area (Å²) in [5.41, 5.74) is 3.89. The molecule has 1 unspecified atom stereocenters. The van der Waals surface area contributed by atoms with Gasteiger partial charge in [-0.1, -0.05) is 54.6 Å². The van der Waals surface area contributed by atoms with Crippen molar-refractivity contribution < 1.29 is 19.4 Å². The molecule has 0 spiro atoms. The van der Waals surface area contributed by atoms with Gasteiger partial charge in [-0.3, -0.25) is 9.69 Å². The van der Waals surface area contributed by atoms with E-state index in [2.05, 4.69) is 10.6 Å². The number of carbonyl (C=O) groups excluding carboxylic acids is 2. The second-order valence-corrected chi connectivity index (χ2v) is 7.30. The predicted octanol–water partition coefficient (Wildman–Crippen LogP) is 3.69. The van der Waals surface area contributed by atoms with Crippen molar-refractivity contribution in [2.75, 3.05) is 19.0 Å². The van der Waals surface area contributed by atoms with Gasteiger partial charge in [-0.25, -0.2) is 4.79 Å². The molecule has 1 atom stereocenters. The van der Waals surface area contributed by atoms with E-state index in [0.717, 1.165) is 21.6 Å². The minimum atomic E-state index is -1.24. The molecule has 32 heavy (non-hydrogen) atoms. The Balaban J connectivity index is 1.41. The van der Waals surface area contributed by atoms with Gasteiger partial charge in [-0.15, -0.1) is 0 Å². The summed E-state index contributed by atoms with van der Waals surface area (Å²) in [6.07, 6.45) is 0.455. The Bertz CT molecular complexity index is 1130. The maximum Gasteiger partial charge on any atom is 0.324 e. The van der Waals surface area contributed by atoms with Gasteiger partial charge in [0.15, 0.2) is 6.23 Å². The number of nitrogens with one attached hydrogen (secondary N) is 2. The number of hydrogen-bond donors (Lipinski definition) is 3. The molecule has 0 bridgehead atoms. The first kappa shape index (κ1) is 21.1. The molecule has 3 amide bonds. The second-order valence-electron chi connectivity index (χ2n) is 7.30. The van der Waals surface area contributed by atoms with Crippen LogP contribution in [0, 0.1) is 0 Å². The van der Waals surface area contributed by atoms with Gasteiger partial charge in [0.05, 0.1) is 12.8 Å². The first-order chi connectivity index (χ1) is 15.5. The van der Waals surface area contributed by atoms with Crippen LogP contribution in [-0.4, -0.2) is 41.8 Å². The number of hydrogen-bond acceptors (Lipinski definition) is 4. The van der Waals surface area contributed by atoms with Crippen LogP contribution in [0.4, 0.5) is 10.5 Å². The van der Waals surface area contributed by atoms with E-state index in [0.29, 0.717) is 17.1 Å². The van der Waals surface area contributed by atoms with Gasteiger partial charge in [0.25, 0.3) is 0 Å². The summed E-state index contributed by atoms with van der Waals surface area (Å²) in [5.74, 6) is 0.252. The summed E-state index contributed by atoms with van der Waals surface area (Å²) in [5, 5.41) is 15.9. The third-order valence-electron chi connectivity index (χ3n) is 5.11. The van der Waals surface area contributed by atoms with Crippen molar-refractivity contribution >= 4 is 23.7 Å². The van der Waals surface area contributed by atoms with Crippen LogP contribution in [0.25, 0.3) is 17.2 Å². The Hall–Kier alpha value is -4.10. The van der Waals surface area contributed by atoms with Crippen molar-refractivity contribution in [1.29, 1.82) is 0 Å². The highest BCUT2D eigenvalue weighted by atomic mass is 16.5. The summed E-state index contributed by atoms with van der Waals surface area (Å²) >= 11 is 0. The molecule has 0 aliphatic carbocycles. The molecular weight excluding hydrogens is 406 g/mol. The number of anilines is 1. The minimum Gasteiger partial charge on any atom is -0.497 e. The van der Waals surface area contributed by atoms with Gasteiger partial charge in [-0.2, -0.15) is 0 Å². The smallest absolute Gasteiger partial charge is 0.324 e. The fourth-order valence-electron chi connectivity index (χ4n) is 3.42. The highest BCUT2D eigenvalue weighted by molar-refractivity contribution is 5.95. The van der Waals surface area contributed by atoms with E-state index in [1.807, 2.05) is 54.6 Å². The number of methoxy groups -OCH3 is 1. The zero-order valence-corrected chi connectivity index (χ0v) is 17.5. The largest absolute Gasteiger partial charge is 0.497 e. The summed E-state index contributed by atoms with van der Waals surface area (Å²) < 4.78 is 5.09. The average molecular weight is 429 g/mol. The van der Waals surface area contributed by atoms with Gasteiger partial charge in [0.2, 0.25) is 5.91 Å². The van der Waals surface area contributed by atoms with E-state index >= 15 is 0 Å². The highest BCUT2D eigenvalue weighted by Crippen LogP contribution is 2.22. The molecule has 0 aromatic heterocycles. The Morgan fingerprint density at radius 2 is 1.69 bits per heavy atom. The minimum absolute atomic E-state index is 0.288. The van der Waals surface area contributed by atoms with Crippen molar-refractivity contribution in [2.24, 2.45) is 0 Å². The van der Waals surface area contributed by atoms with Crippen LogP contribution in [-0.2, 0) is 4.79 Å². The predicted molar refractivity (Wildman–Crippen MR) is 123 cm³/mol. The summed E-state index contributed by atoms with van der Waals surface area (Å²) in [6.45, 7) is -0.288. The summed E-state index contributed by atoms with van der Waals surface area (Å²) in [6, 6.07) is 24.1. The number of carbonyl (C=O) groups is 2. The van der Waals surface area contributed by atoms with Crippen molar-refractivity contribution in [1.82, 2.24) is 10.2 Å². The lowest BCUT2D eigenvalue weighted by atomic mass is 10.0. The normalized spacial score (nSPS) is 16.7. The van der Waals surface area contributed by atoms with E-state index in [-0.39, 0.29) is 6.54 Å². The van der Waals surface area contributed by atoms with E-state index in [1.54, 1.807) is 37.5 Å². The molecule has 1 saturated heterocycles. The van der Waals surface area contributed by atoms with Crippen molar-refractivity contribution in [3.05, 3.63) is 90.1 Å². The zero-order chi connectivity index (χ0) is 22.5. The lowest BCUT2D eigenvalue weighted by Gasteiger charge is -2.18. The Morgan fingerprint density at radius 3 is 2.34 bits per heavy atom. The molecular formula is C25H23N3O4. The Labute approximate surface area is 185 Å². The van der Waals surface area contributed by atoms with Gasteiger partial charge in [0, 0.05) is 5.69 Å². The average Bonchev–Trinajstić information content (AvgIpc) is 3.08. The molecule has 3 aromatic carbocycles. The van der Waals surface area contributed by atoms with Crippen molar-refractivity contribution in [3.63, 3.8) is 0 Å². The molecule has 3 N–H and O–H groups in total.